The first kappa shape index (κ1) is 21.5. The van der Waals surface area contributed by atoms with E-state index < -0.39 is 17.6 Å². The summed E-state index contributed by atoms with van der Waals surface area (Å²) in [7, 11) is 3.03. The first-order valence-electron chi connectivity index (χ1n) is 8.45. The van der Waals surface area contributed by atoms with Crippen molar-refractivity contribution in [1.29, 1.82) is 0 Å². The lowest BCUT2D eigenvalue weighted by Gasteiger charge is -2.08. The summed E-state index contributed by atoms with van der Waals surface area (Å²) in [4.78, 5) is 12.0. The van der Waals surface area contributed by atoms with Crippen molar-refractivity contribution in [3.63, 3.8) is 0 Å². The van der Waals surface area contributed by atoms with Gasteiger partial charge in [-0.2, -0.15) is 13.2 Å². The van der Waals surface area contributed by atoms with E-state index >= 15 is 0 Å². The van der Waals surface area contributed by atoms with Gasteiger partial charge in [-0.15, -0.1) is 10.2 Å². The third-order valence-corrected chi connectivity index (χ3v) is 4.65. The fraction of sp³-hybridized carbons (Fsp3) is 0.211. The number of anilines is 1. The molecular weight excluding hydrogens is 423 g/mol. The molecule has 158 valence electrons. The Morgan fingerprint density at radius 3 is 2.27 bits per heavy atom. The van der Waals surface area contributed by atoms with Crippen LogP contribution >= 0.6 is 11.8 Å². The molecule has 1 N–H and O–H groups in total. The van der Waals surface area contributed by atoms with Gasteiger partial charge in [0, 0.05) is 17.3 Å². The number of nitrogens with one attached hydrogen (secondary N) is 1. The van der Waals surface area contributed by atoms with Crippen LogP contribution in [-0.4, -0.2) is 36.1 Å². The number of benzene rings is 2. The molecule has 0 atom stereocenters. The van der Waals surface area contributed by atoms with Gasteiger partial charge in [0.25, 0.3) is 5.22 Å². The maximum Gasteiger partial charge on any atom is 0.416 e. The fourth-order valence-electron chi connectivity index (χ4n) is 2.38. The molecule has 0 spiro atoms. The van der Waals surface area contributed by atoms with Crippen LogP contribution < -0.4 is 14.8 Å². The first-order valence-corrected chi connectivity index (χ1v) is 9.44. The third kappa shape index (κ3) is 5.44. The van der Waals surface area contributed by atoms with Gasteiger partial charge >= 0.3 is 6.18 Å². The molecule has 30 heavy (non-hydrogen) atoms. The Morgan fingerprint density at radius 2 is 1.70 bits per heavy atom. The maximum atomic E-state index is 12.6. The lowest BCUT2D eigenvalue weighted by molar-refractivity contribution is -0.137. The highest BCUT2D eigenvalue weighted by atomic mass is 32.2. The van der Waals surface area contributed by atoms with Crippen molar-refractivity contribution < 1.29 is 31.9 Å². The van der Waals surface area contributed by atoms with Crippen molar-refractivity contribution >= 4 is 23.4 Å². The van der Waals surface area contributed by atoms with Crippen molar-refractivity contribution in [2.24, 2.45) is 0 Å². The number of carbonyl (C=O) groups is 1. The number of amides is 1. The van der Waals surface area contributed by atoms with Gasteiger partial charge in [0.05, 0.1) is 25.5 Å². The minimum absolute atomic E-state index is 0.0654. The lowest BCUT2D eigenvalue weighted by atomic mass is 10.2. The molecule has 0 saturated carbocycles. The van der Waals surface area contributed by atoms with Gasteiger partial charge in [0.1, 0.15) is 11.5 Å². The van der Waals surface area contributed by atoms with Crippen LogP contribution in [0.25, 0.3) is 11.5 Å². The van der Waals surface area contributed by atoms with Gasteiger partial charge in [0.2, 0.25) is 11.8 Å². The predicted molar refractivity (Wildman–Crippen MR) is 104 cm³/mol. The van der Waals surface area contributed by atoms with Crippen LogP contribution in [0.3, 0.4) is 0 Å². The van der Waals surface area contributed by atoms with Crippen LogP contribution in [0, 0.1) is 0 Å². The van der Waals surface area contributed by atoms with E-state index in [0.29, 0.717) is 17.1 Å². The average Bonchev–Trinajstić information content (AvgIpc) is 3.21. The summed E-state index contributed by atoms with van der Waals surface area (Å²) in [6.45, 7) is 0. The quantitative estimate of drug-likeness (QED) is 0.542. The summed E-state index contributed by atoms with van der Waals surface area (Å²) in [5.74, 6) is 0.824. The number of carbonyl (C=O) groups excluding carboxylic acids is 1. The summed E-state index contributed by atoms with van der Waals surface area (Å²) in [5.41, 5.74) is 0.0467. The highest BCUT2D eigenvalue weighted by Gasteiger charge is 2.30. The topological polar surface area (TPSA) is 86.5 Å². The second kappa shape index (κ2) is 9.08. The number of alkyl halides is 3. The van der Waals surface area contributed by atoms with E-state index in [9.17, 15) is 18.0 Å². The summed E-state index contributed by atoms with van der Waals surface area (Å²) in [5, 5.41) is 10.5. The first-order chi connectivity index (χ1) is 14.3. The van der Waals surface area contributed by atoms with Crippen LogP contribution in [0.15, 0.2) is 52.1 Å². The molecule has 0 aliphatic carbocycles. The second-order valence-corrected chi connectivity index (χ2v) is 6.81. The van der Waals surface area contributed by atoms with E-state index in [1.807, 2.05) is 0 Å². The Balaban J connectivity index is 1.59. The van der Waals surface area contributed by atoms with E-state index in [-0.39, 0.29) is 22.6 Å². The molecule has 2 aromatic carbocycles. The van der Waals surface area contributed by atoms with Crippen LogP contribution in [-0.2, 0) is 11.0 Å². The Kier molecular flexibility index (Phi) is 6.50. The molecule has 0 radical (unpaired) electrons. The molecule has 7 nitrogen and oxygen atoms in total. The van der Waals surface area contributed by atoms with E-state index in [2.05, 4.69) is 15.5 Å². The molecule has 3 rings (SSSR count). The Labute approximate surface area is 173 Å². The minimum atomic E-state index is -4.43. The molecule has 11 heteroatoms. The summed E-state index contributed by atoms with van der Waals surface area (Å²) < 4.78 is 53.7. The Hall–Kier alpha value is -3.21. The van der Waals surface area contributed by atoms with Crippen molar-refractivity contribution in [3.8, 4) is 23.0 Å². The van der Waals surface area contributed by atoms with Crippen LogP contribution in [0.5, 0.6) is 11.5 Å². The highest BCUT2D eigenvalue weighted by molar-refractivity contribution is 7.99. The molecule has 0 unspecified atom stereocenters. The van der Waals surface area contributed by atoms with E-state index in [4.69, 9.17) is 13.9 Å². The van der Waals surface area contributed by atoms with Gasteiger partial charge in [-0.1, -0.05) is 11.8 Å². The summed E-state index contributed by atoms with van der Waals surface area (Å²) in [6.07, 6.45) is -4.43. The third-order valence-electron chi connectivity index (χ3n) is 3.83. The fourth-order valence-corrected chi connectivity index (χ4v) is 2.95. The van der Waals surface area contributed by atoms with Crippen molar-refractivity contribution in [2.75, 3.05) is 25.3 Å². The van der Waals surface area contributed by atoms with Crippen LogP contribution in [0.2, 0.25) is 0 Å². The van der Waals surface area contributed by atoms with Gasteiger partial charge in [-0.05, 0) is 36.4 Å². The normalized spacial score (nSPS) is 11.2. The number of ether oxygens (including phenoxy) is 2. The number of hydrogen-bond donors (Lipinski definition) is 1. The van der Waals surface area contributed by atoms with Crippen LogP contribution in [0.1, 0.15) is 5.56 Å². The van der Waals surface area contributed by atoms with Gasteiger partial charge in [-0.25, -0.2) is 0 Å². The lowest BCUT2D eigenvalue weighted by Crippen LogP contribution is -2.14. The SMILES string of the molecule is COc1cc(OC)cc(-c2nnc(SCC(=O)Nc3ccc(C(F)(F)F)cc3)o2)c1. The Morgan fingerprint density at radius 1 is 1.07 bits per heavy atom. The molecule has 0 aliphatic rings. The number of rotatable bonds is 7. The molecule has 3 aromatic rings. The molecule has 0 bridgehead atoms. The molecule has 0 fully saturated rings. The standard InChI is InChI=1S/C19H16F3N3O4S/c1-27-14-7-11(8-15(9-14)28-2)17-24-25-18(29-17)30-10-16(26)23-13-5-3-12(4-6-13)19(20,21)22/h3-9H,10H2,1-2H3,(H,23,26). The molecule has 1 aromatic heterocycles. The van der Waals surface area contributed by atoms with E-state index in [1.165, 1.54) is 26.4 Å². The number of thioether (sulfide) groups is 1. The molecule has 1 amide bonds. The average molecular weight is 439 g/mol. The number of nitrogens with zero attached hydrogens (tertiary/aromatic N) is 2. The van der Waals surface area contributed by atoms with Gasteiger partial charge < -0.3 is 19.2 Å². The second-order valence-electron chi connectivity index (χ2n) is 5.89. The summed E-state index contributed by atoms with van der Waals surface area (Å²) >= 11 is 0.996. The van der Waals surface area contributed by atoms with Crippen molar-refractivity contribution in [2.45, 2.75) is 11.4 Å². The van der Waals surface area contributed by atoms with E-state index in [0.717, 1.165) is 23.9 Å². The number of hydrogen-bond acceptors (Lipinski definition) is 7. The molecule has 0 saturated heterocycles. The highest BCUT2D eigenvalue weighted by Crippen LogP contribution is 2.31. The zero-order valence-electron chi connectivity index (χ0n) is 15.8. The smallest absolute Gasteiger partial charge is 0.416 e. The zero-order valence-corrected chi connectivity index (χ0v) is 16.6. The number of aromatic nitrogens is 2. The molecular formula is C19H16F3N3O4S. The number of methoxy groups -OCH3 is 2. The number of halogens is 3. The zero-order chi connectivity index (χ0) is 21.7. The van der Waals surface area contributed by atoms with Crippen molar-refractivity contribution in [3.05, 3.63) is 48.0 Å². The van der Waals surface area contributed by atoms with Crippen molar-refractivity contribution in [1.82, 2.24) is 10.2 Å². The monoisotopic (exact) mass is 439 g/mol. The van der Waals surface area contributed by atoms with Crippen LogP contribution in [0.4, 0.5) is 18.9 Å². The minimum Gasteiger partial charge on any atom is -0.497 e. The van der Waals surface area contributed by atoms with Gasteiger partial charge in [0.15, 0.2) is 0 Å². The van der Waals surface area contributed by atoms with E-state index in [1.54, 1.807) is 18.2 Å². The predicted octanol–water partition coefficient (Wildman–Crippen LogP) is 4.50. The maximum absolute atomic E-state index is 12.6. The summed E-state index contributed by atoms with van der Waals surface area (Å²) in [6, 6.07) is 9.26. The Bertz CT molecular complexity index is 1000. The molecule has 1 heterocycles. The largest absolute Gasteiger partial charge is 0.497 e. The van der Waals surface area contributed by atoms with Gasteiger partial charge in [-0.3, -0.25) is 4.79 Å². The molecule has 0 aliphatic heterocycles.